The average Bonchev–Trinajstić information content (AvgIpc) is 2.31. The van der Waals surface area contributed by atoms with E-state index >= 15 is 0 Å². The van der Waals surface area contributed by atoms with Gasteiger partial charge in [0.15, 0.2) is 0 Å². The van der Waals surface area contributed by atoms with Crippen LogP contribution in [-0.2, 0) is 0 Å². The predicted octanol–water partition coefficient (Wildman–Crippen LogP) is 3.42. The standard InChI is InChI=1S/C12H12Cl2N2O/c1-2-8(6-7-15)16-12(17)9-4-3-5-10(13)11(9)14/h3-5,8H,2,6H2,1H3,(H,16,17). The van der Waals surface area contributed by atoms with Crippen molar-refractivity contribution in [2.24, 2.45) is 0 Å². The molecular weight excluding hydrogens is 259 g/mol. The van der Waals surface area contributed by atoms with Crippen molar-refractivity contribution >= 4 is 29.1 Å². The Bertz CT molecular complexity index is 454. The van der Waals surface area contributed by atoms with Crippen LogP contribution in [0.15, 0.2) is 18.2 Å². The molecule has 5 heteroatoms. The molecule has 0 bridgehead atoms. The van der Waals surface area contributed by atoms with Crippen LogP contribution in [0.25, 0.3) is 0 Å². The van der Waals surface area contributed by atoms with Gasteiger partial charge in [-0.25, -0.2) is 0 Å². The van der Waals surface area contributed by atoms with Crippen molar-refractivity contribution in [3.8, 4) is 6.07 Å². The SMILES string of the molecule is CCC(CC#N)NC(=O)c1cccc(Cl)c1Cl. The molecule has 0 radical (unpaired) electrons. The van der Waals surface area contributed by atoms with E-state index in [1.54, 1.807) is 18.2 Å². The third-order valence-corrected chi connectivity index (χ3v) is 3.18. The number of hydrogen-bond donors (Lipinski definition) is 1. The summed E-state index contributed by atoms with van der Waals surface area (Å²) >= 11 is 11.8. The van der Waals surface area contributed by atoms with Crippen molar-refractivity contribution in [2.45, 2.75) is 25.8 Å². The number of rotatable bonds is 4. The van der Waals surface area contributed by atoms with Gasteiger partial charge in [0.05, 0.1) is 28.1 Å². The molecule has 0 aromatic heterocycles. The number of carbonyl (C=O) groups excluding carboxylic acids is 1. The molecule has 1 aromatic rings. The van der Waals surface area contributed by atoms with Crippen LogP contribution in [0.2, 0.25) is 10.0 Å². The number of nitrogens with one attached hydrogen (secondary N) is 1. The molecule has 3 nitrogen and oxygen atoms in total. The Hall–Kier alpha value is -1.24. The quantitative estimate of drug-likeness (QED) is 0.912. The van der Waals surface area contributed by atoms with Gasteiger partial charge in [-0.15, -0.1) is 0 Å². The zero-order valence-corrected chi connectivity index (χ0v) is 10.8. The zero-order chi connectivity index (χ0) is 12.8. The van der Waals surface area contributed by atoms with Crippen LogP contribution in [0, 0.1) is 11.3 Å². The van der Waals surface area contributed by atoms with Gasteiger partial charge in [0.1, 0.15) is 0 Å². The molecule has 90 valence electrons. The van der Waals surface area contributed by atoms with Gasteiger partial charge in [-0.05, 0) is 18.6 Å². The molecule has 1 rings (SSSR count). The van der Waals surface area contributed by atoms with Crippen molar-refractivity contribution in [2.75, 3.05) is 0 Å². The van der Waals surface area contributed by atoms with Crippen molar-refractivity contribution in [1.82, 2.24) is 5.32 Å². The molecule has 0 saturated carbocycles. The molecule has 1 unspecified atom stereocenters. The van der Waals surface area contributed by atoms with E-state index in [0.717, 1.165) is 0 Å². The molecule has 1 atom stereocenters. The smallest absolute Gasteiger partial charge is 0.253 e. The van der Waals surface area contributed by atoms with E-state index < -0.39 is 0 Å². The summed E-state index contributed by atoms with van der Waals surface area (Å²) in [5.41, 5.74) is 0.329. The Morgan fingerprint density at radius 2 is 2.24 bits per heavy atom. The van der Waals surface area contributed by atoms with Crippen LogP contribution in [0.4, 0.5) is 0 Å². The Balaban J connectivity index is 2.83. The lowest BCUT2D eigenvalue weighted by molar-refractivity contribution is 0.0937. The maximum atomic E-state index is 11.9. The van der Waals surface area contributed by atoms with Crippen LogP contribution >= 0.6 is 23.2 Å². The van der Waals surface area contributed by atoms with Crippen molar-refractivity contribution in [3.05, 3.63) is 33.8 Å². The minimum Gasteiger partial charge on any atom is -0.348 e. The van der Waals surface area contributed by atoms with E-state index in [2.05, 4.69) is 5.32 Å². The first-order valence-corrected chi connectivity index (χ1v) is 5.97. The lowest BCUT2D eigenvalue weighted by Crippen LogP contribution is -2.34. The van der Waals surface area contributed by atoms with Crippen molar-refractivity contribution in [1.29, 1.82) is 5.26 Å². The molecule has 0 aliphatic rings. The summed E-state index contributed by atoms with van der Waals surface area (Å²) in [6.07, 6.45) is 0.970. The highest BCUT2D eigenvalue weighted by molar-refractivity contribution is 6.43. The normalized spacial score (nSPS) is 11.6. The van der Waals surface area contributed by atoms with Gasteiger partial charge in [0.2, 0.25) is 0 Å². The molecule has 0 fully saturated rings. The highest BCUT2D eigenvalue weighted by atomic mass is 35.5. The van der Waals surface area contributed by atoms with Crippen LogP contribution in [0.5, 0.6) is 0 Å². The molecule has 0 heterocycles. The number of nitrogens with zero attached hydrogens (tertiary/aromatic N) is 1. The fraction of sp³-hybridized carbons (Fsp3) is 0.333. The van der Waals surface area contributed by atoms with E-state index in [9.17, 15) is 4.79 Å². The summed E-state index contributed by atoms with van der Waals surface area (Å²) in [6.45, 7) is 1.90. The molecule has 0 saturated heterocycles. The van der Waals surface area contributed by atoms with Gasteiger partial charge in [0.25, 0.3) is 5.91 Å². The molecule has 1 amide bonds. The van der Waals surface area contributed by atoms with E-state index in [1.807, 2.05) is 13.0 Å². The van der Waals surface area contributed by atoms with Gasteiger partial charge < -0.3 is 5.32 Å². The molecule has 0 spiro atoms. The minimum atomic E-state index is -0.306. The molecular formula is C12H12Cl2N2O. The number of hydrogen-bond acceptors (Lipinski definition) is 2. The number of carbonyl (C=O) groups is 1. The monoisotopic (exact) mass is 270 g/mol. The number of halogens is 2. The van der Waals surface area contributed by atoms with Gasteiger partial charge in [-0.3, -0.25) is 4.79 Å². The second-order valence-electron chi connectivity index (χ2n) is 3.54. The highest BCUT2D eigenvalue weighted by Crippen LogP contribution is 2.25. The zero-order valence-electron chi connectivity index (χ0n) is 9.34. The van der Waals surface area contributed by atoms with Crippen molar-refractivity contribution in [3.63, 3.8) is 0 Å². The topological polar surface area (TPSA) is 52.9 Å². The van der Waals surface area contributed by atoms with Crippen LogP contribution in [-0.4, -0.2) is 11.9 Å². The first-order chi connectivity index (χ1) is 8.10. The predicted molar refractivity (Wildman–Crippen MR) is 68.2 cm³/mol. The summed E-state index contributed by atoms with van der Waals surface area (Å²) in [5, 5.41) is 11.9. The summed E-state index contributed by atoms with van der Waals surface area (Å²) in [5.74, 6) is -0.306. The second-order valence-corrected chi connectivity index (χ2v) is 4.33. The highest BCUT2D eigenvalue weighted by Gasteiger charge is 2.15. The number of benzene rings is 1. The molecule has 1 N–H and O–H groups in total. The summed E-state index contributed by atoms with van der Waals surface area (Å²) < 4.78 is 0. The first-order valence-electron chi connectivity index (χ1n) is 5.22. The maximum Gasteiger partial charge on any atom is 0.253 e. The lowest BCUT2D eigenvalue weighted by Gasteiger charge is -2.14. The fourth-order valence-electron chi connectivity index (χ4n) is 1.35. The van der Waals surface area contributed by atoms with Gasteiger partial charge in [-0.2, -0.15) is 5.26 Å². The summed E-state index contributed by atoms with van der Waals surface area (Å²) in [4.78, 5) is 11.9. The number of amides is 1. The van der Waals surface area contributed by atoms with E-state index in [4.69, 9.17) is 28.5 Å². The molecule has 17 heavy (non-hydrogen) atoms. The summed E-state index contributed by atoms with van der Waals surface area (Å²) in [7, 11) is 0. The number of nitriles is 1. The molecule has 0 aliphatic carbocycles. The van der Waals surface area contributed by atoms with E-state index in [0.29, 0.717) is 17.0 Å². The van der Waals surface area contributed by atoms with Gasteiger partial charge in [-0.1, -0.05) is 36.2 Å². The van der Waals surface area contributed by atoms with Crippen molar-refractivity contribution < 1.29 is 4.79 Å². The van der Waals surface area contributed by atoms with Crippen LogP contribution < -0.4 is 5.32 Å². The second kappa shape index (κ2) is 6.48. The third kappa shape index (κ3) is 3.62. The van der Waals surface area contributed by atoms with E-state index in [-0.39, 0.29) is 23.4 Å². The molecule has 1 aromatic carbocycles. The maximum absolute atomic E-state index is 11.9. The largest absolute Gasteiger partial charge is 0.348 e. The third-order valence-electron chi connectivity index (χ3n) is 2.36. The Kier molecular flexibility index (Phi) is 5.27. The Morgan fingerprint density at radius 1 is 1.53 bits per heavy atom. The lowest BCUT2D eigenvalue weighted by atomic mass is 10.1. The Labute approximate surface area is 110 Å². The minimum absolute atomic E-state index is 0.164. The van der Waals surface area contributed by atoms with Gasteiger partial charge >= 0.3 is 0 Å². The average molecular weight is 271 g/mol. The Morgan fingerprint density at radius 3 is 2.82 bits per heavy atom. The van der Waals surface area contributed by atoms with Crippen LogP contribution in [0.1, 0.15) is 30.1 Å². The van der Waals surface area contributed by atoms with Crippen LogP contribution in [0.3, 0.4) is 0 Å². The van der Waals surface area contributed by atoms with E-state index in [1.165, 1.54) is 0 Å². The van der Waals surface area contributed by atoms with Gasteiger partial charge in [0, 0.05) is 6.04 Å². The summed E-state index contributed by atoms with van der Waals surface area (Å²) in [6, 6.07) is 6.74. The fourth-order valence-corrected chi connectivity index (χ4v) is 1.74. The molecule has 0 aliphatic heterocycles. The first kappa shape index (κ1) is 13.8.